The summed E-state index contributed by atoms with van der Waals surface area (Å²) in [6, 6.07) is 12.1. The molecule has 3 heterocycles. The molecule has 7 heteroatoms. The van der Waals surface area contributed by atoms with Crippen LogP contribution in [0.25, 0.3) is 16.9 Å². The second-order valence-electron chi connectivity index (χ2n) is 6.63. The molecule has 1 amide bonds. The van der Waals surface area contributed by atoms with Gasteiger partial charge in [0.15, 0.2) is 5.65 Å². The number of hydrogen-bond donors (Lipinski definition) is 1. The van der Waals surface area contributed by atoms with Crippen molar-refractivity contribution >= 4 is 24.0 Å². The summed E-state index contributed by atoms with van der Waals surface area (Å²) in [5, 5.41) is 4.43. The monoisotopic (exact) mass is 371 g/mol. The fourth-order valence-corrected chi connectivity index (χ4v) is 3.62. The summed E-state index contributed by atoms with van der Waals surface area (Å²) in [5.74, 6) is 0.352. The van der Waals surface area contributed by atoms with Crippen LogP contribution < -0.4 is 5.73 Å². The average molecular weight is 372 g/mol. The van der Waals surface area contributed by atoms with Gasteiger partial charge in [0, 0.05) is 24.3 Å². The quantitative estimate of drug-likeness (QED) is 0.767. The lowest BCUT2D eigenvalue weighted by Crippen LogP contribution is -2.34. The van der Waals surface area contributed by atoms with Crippen LogP contribution in [0, 0.1) is 5.92 Å². The lowest BCUT2D eigenvalue weighted by Gasteiger charge is -2.20. The van der Waals surface area contributed by atoms with E-state index >= 15 is 0 Å². The maximum absolute atomic E-state index is 13.0. The van der Waals surface area contributed by atoms with Gasteiger partial charge in [-0.3, -0.25) is 4.79 Å². The molecule has 1 aliphatic rings. The summed E-state index contributed by atoms with van der Waals surface area (Å²) in [4.78, 5) is 19.3. The van der Waals surface area contributed by atoms with Crippen molar-refractivity contribution in [2.24, 2.45) is 11.7 Å². The Balaban J connectivity index is 0.00000196. The largest absolute Gasteiger partial charge is 0.335 e. The lowest BCUT2D eigenvalue weighted by atomic mass is 10.1. The first-order chi connectivity index (χ1) is 12.2. The minimum absolute atomic E-state index is 0. The maximum atomic E-state index is 13.0. The predicted octanol–water partition coefficient (Wildman–Crippen LogP) is 2.63. The highest BCUT2D eigenvalue weighted by Gasteiger charge is 2.33. The van der Waals surface area contributed by atoms with Gasteiger partial charge < -0.3 is 10.6 Å². The summed E-state index contributed by atoms with van der Waals surface area (Å²) in [6.45, 7) is 3.38. The number of carbonyl (C=O) groups excluding carboxylic acids is 1. The zero-order chi connectivity index (χ0) is 17.4. The van der Waals surface area contributed by atoms with Gasteiger partial charge in [-0.1, -0.05) is 30.3 Å². The fourth-order valence-electron chi connectivity index (χ4n) is 3.62. The highest BCUT2D eigenvalue weighted by atomic mass is 35.5. The van der Waals surface area contributed by atoms with E-state index in [0.29, 0.717) is 30.2 Å². The number of nitrogens with two attached hydrogens (primary N) is 1. The first kappa shape index (κ1) is 18.4. The van der Waals surface area contributed by atoms with Gasteiger partial charge in [-0.05, 0) is 31.9 Å². The van der Waals surface area contributed by atoms with E-state index in [9.17, 15) is 4.79 Å². The zero-order valence-corrected chi connectivity index (χ0v) is 15.4. The third kappa shape index (κ3) is 3.06. The number of halogens is 1. The molecule has 3 aromatic rings. The van der Waals surface area contributed by atoms with Crippen LogP contribution in [0.1, 0.15) is 23.7 Å². The first-order valence-corrected chi connectivity index (χ1v) is 8.58. The van der Waals surface area contributed by atoms with Crippen LogP contribution in [-0.2, 0) is 0 Å². The molecule has 136 valence electrons. The van der Waals surface area contributed by atoms with Crippen LogP contribution in [0.5, 0.6) is 0 Å². The molecule has 2 unspecified atom stereocenters. The van der Waals surface area contributed by atoms with E-state index in [1.165, 1.54) is 0 Å². The molecule has 2 N–H and O–H groups in total. The average Bonchev–Trinajstić information content (AvgIpc) is 3.25. The Labute approximate surface area is 158 Å². The van der Waals surface area contributed by atoms with Crippen LogP contribution in [-0.4, -0.2) is 44.5 Å². The molecule has 0 saturated carbocycles. The molecule has 1 saturated heterocycles. The van der Waals surface area contributed by atoms with E-state index in [1.807, 2.05) is 41.3 Å². The van der Waals surface area contributed by atoms with Crippen molar-refractivity contribution in [2.45, 2.75) is 19.4 Å². The highest BCUT2D eigenvalue weighted by molar-refractivity contribution is 6.00. The fraction of sp³-hybridized carbons (Fsp3) is 0.316. The van der Waals surface area contributed by atoms with Gasteiger partial charge in [0.25, 0.3) is 5.91 Å². The second kappa shape index (κ2) is 7.43. The molecule has 2 atom stereocenters. The van der Waals surface area contributed by atoms with Gasteiger partial charge in [0.2, 0.25) is 0 Å². The van der Waals surface area contributed by atoms with Gasteiger partial charge in [-0.2, -0.15) is 5.10 Å². The van der Waals surface area contributed by atoms with Crippen molar-refractivity contribution in [1.29, 1.82) is 0 Å². The van der Waals surface area contributed by atoms with E-state index in [0.717, 1.165) is 17.7 Å². The van der Waals surface area contributed by atoms with E-state index in [-0.39, 0.29) is 24.4 Å². The molecule has 4 rings (SSSR count). The van der Waals surface area contributed by atoms with Crippen LogP contribution in [0.3, 0.4) is 0 Å². The van der Waals surface area contributed by atoms with Crippen molar-refractivity contribution in [2.75, 3.05) is 13.1 Å². The van der Waals surface area contributed by atoms with Gasteiger partial charge in [0.05, 0.1) is 11.9 Å². The Hall–Kier alpha value is -2.44. The Morgan fingerprint density at radius 1 is 1.27 bits per heavy atom. The number of amides is 1. The Kier molecular flexibility index (Phi) is 5.25. The number of fused-ring (bicyclic) bond motifs is 1. The number of hydrogen-bond acceptors (Lipinski definition) is 4. The lowest BCUT2D eigenvalue weighted by molar-refractivity contribution is 0.0745. The van der Waals surface area contributed by atoms with E-state index in [2.05, 4.69) is 17.0 Å². The van der Waals surface area contributed by atoms with Crippen molar-refractivity contribution < 1.29 is 4.79 Å². The zero-order valence-electron chi connectivity index (χ0n) is 14.6. The van der Waals surface area contributed by atoms with Crippen molar-refractivity contribution in [3.63, 3.8) is 0 Å². The minimum atomic E-state index is -0.0174. The Bertz CT molecular complexity index is 911. The summed E-state index contributed by atoms with van der Waals surface area (Å²) in [7, 11) is 0. The Morgan fingerprint density at radius 2 is 2.04 bits per heavy atom. The highest BCUT2D eigenvalue weighted by Crippen LogP contribution is 2.26. The smallest absolute Gasteiger partial charge is 0.259 e. The van der Waals surface area contributed by atoms with Crippen LogP contribution >= 0.6 is 12.4 Å². The number of nitrogens with zero attached hydrogens (tertiary/aromatic N) is 4. The van der Waals surface area contributed by atoms with Gasteiger partial charge in [-0.15, -0.1) is 12.4 Å². The first-order valence-electron chi connectivity index (χ1n) is 8.58. The molecule has 1 aromatic carbocycles. The summed E-state index contributed by atoms with van der Waals surface area (Å²) >= 11 is 0. The number of carbonyl (C=O) groups is 1. The molecule has 0 aliphatic carbocycles. The summed E-state index contributed by atoms with van der Waals surface area (Å²) < 4.78 is 1.74. The SMILES string of the molecule is CC1CC(CN)CN1C(=O)c1cnn2c(-c3ccccc3)ccnc12.Cl. The molecule has 2 aromatic heterocycles. The molecule has 1 aliphatic heterocycles. The minimum Gasteiger partial charge on any atom is -0.335 e. The van der Waals surface area contributed by atoms with Gasteiger partial charge in [0.1, 0.15) is 5.56 Å². The van der Waals surface area contributed by atoms with E-state index in [1.54, 1.807) is 16.9 Å². The maximum Gasteiger partial charge on any atom is 0.259 e. The van der Waals surface area contributed by atoms with Gasteiger partial charge >= 0.3 is 0 Å². The van der Waals surface area contributed by atoms with Crippen LogP contribution in [0.2, 0.25) is 0 Å². The van der Waals surface area contributed by atoms with E-state index < -0.39 is 0 Å². The number of rotatable bonds is 3. The summed E-state index contributed by atoms with van der Waals surface area (Å²) in [6.07, 6.45) is 4.30. The van der Waals surface area contributed by atoms with Crippen molar-refractivity contribution in [3.05, 3.63) is 54.4 Å². The number of aromatic nitrogens is 3. The molecular weight excluding hydrogens is 350 g/mol. The molecule has 1 fully saturated rings. The van der Waals surface area contributed by atoms with Crippen molar-refractivity contribution in [1.82, 2.24) is 19.5 Å². The number of likely N-dealkylation sites (tertiary alicyclic amines) is 1. The molecule has 6 nitrogen and oxygen atoms in total. The standard InChI is InChI=1S/C19H21N5O.ClH/c1-13-9-14(10-20)12-23(13)19(25)16-11-22-24-17(7-8-21-18(16)24)15-5-3-2-4-6-15;/h2-8,11,13-14H,9-10,12,20H2,1H3;1H. The third-order valence-corrected chi connectivity index (χ3v) is 4.96. The predicted molar refractivity (Wildman–Crippen MR) is 103 cm³/mol. The molecule has 26 heavy (non-hydrogen) atoms. The molecular formula is C19H22ClN5O. The third-order valence-electron chi connectivity index (χ3n) is 4.96. The number of benzene rings is 1. The molecule has 0 radical (unpaired) electrons. The molecule has 0 spiro atoms. The topological polar surface area (TPSA) is 76.5 Å². The normalized spacial score (nSPS) is 19.5. The summed E-state index contributed by atoms with van der Waals surface area (Å²) in [5.41, 5.74) is 8.87. The van der Waals surface area contributed by atoms with Crippen LogP contribution in [0.15, 0.2) is 48.8 Å². The Morgan fingerprint density at radius 3 is 2.73 bits per heavy atom. The molecule has 0 bridgehead atoms. The van der Waals surface area contributed by atoms with Crippen LogP contribution in [0.4, 0.5) is 0 Å². The van der Waals surface area contributed by atoms with Gasteiger partial charge in [-0.25, -0.2) is 9.50 Å². The van der Waals surface area contributed by atoms with E-state index in [4.69, 9.17) is 5.73 Å². The van der Waals surface area contributed by atoms with Crippen molar-refractivity contribution in [3.8, 4) is 11.3 Å². The second-order valence-corrected chi connectivity index (χ2v) is 6.63.